The van der Waals surface area contributed by atoms with E-state index < -0.39 is 5.97 Å². The molecule has 3 heterocycles. The van der Waals surface area contributed by atoms with E-state index >= 15 is 0 Å². The van der Waals surface area contributed by atoms with Crippen LogP contribution in [0.4, 0.5) is 0 Å². The van der Waals surface area contributed by atoms with Crippen LogP contribution in [0.15, 0.2) is 52.4 Å². The molecule has 3 aromatic heterocycles. The van der Waals surface area contributed by atoms with Crippen molar-refractivity contribution >= 4 is 23.4 Å². The first-order valence-electron chi connectivity index (χ1n) is 6.98. The lowest BCUT2D eigenvalue weighted by molar-refractivity contribution is -0.139. The van der Waals surface area contributed by atoms with E-state index in [9.17, 15) is 4.79 Å². The van der Waals surface area contributed by atoms with E-state index in [0.717, 1.165) is 16.5 Å². The maximum absolute atomic E-state index is 11.7. The summed E-state index contributed by atoms with van der Waals surface area (Å²) in [6.45, 7) is 1.97. The van der Waals surface area contributed by atoms with Crippen LogP contribution in [0.5, 0.6) is 0 Å². The van der Waals surface area contributed by atoms with Crippen molar-refractivity contribution < 1.29 is 13.9 Å². The maximum Gasteiger partial charge on any atom is 0.331 e. The quantitative estimate of drug-likeness (QED) is 0.526. The number of aromatic nitrogens is 2. The molecule has 3 aromatic rings. The van der Waals surface area contributed by atoms with Gasteiger partial charge in [0, 0.05) is 17.7 Å². The topological polar surface area (TPSA) is 65.2 Å². The lowest BCUT2D eigenvalue weighted by atomic mass is 10.4. The first kappa shape index (κ1) is 15.2. The van der Waals surface area contributed by atoms with Gasteiger partial charge in [-0.25, -0.2) is 9.78 Å². The number of hydrogen-bond donors (Lipinski definition) is 0. The summed E-state index contributed by atoms with van der Waals surface area (Å²) in [7, 11) is 0. The minimum absolute atomic E-state index is 0.129. The van der Waals surface area contributed by atoms with E-state index in [0.29, 0.717) is 11.5 Å². The van der Waals surface area contributed by atoms with Crippen molar-refractivity contribution in [3.05, 3.63) is 65.2 Å². The molecule has 0 bridgehead atoms. The molecule has 0 aromatic carbocycles. The molecular weight excluding hydrogens is 312 g/mol. The number of thiazole rings is 1. The van der Waals surface area contributed by atoms with Gasteiger partial charge in [-0.3, -0.25) is 4.98 Å². The Morgan fingerprint density at radius 1 is 1.35 bits per heavy atom. The van der Waals surface area contributed by atoms with Crippen molar-refractivity contribution in [2.24, 2.45) is 0 Å². The molecule has 116 valence electrons. The molecule has 0 aliphatic heterocycles. The van der Waals surface area contributed by atoms with Gasteiger partial charge in [0.2, 0.25) is 0 Å². The molecule has 0 amide bonds. The monoisotopic (exact) mass is 326 g/mol. The lowest BCUT2D eigenvalue weighted by Crippen LogP contribution is -2.00. The van der Waals surface area contributed by atoms with Gasteiger partial charge in [-0.2, -0.15) is 0 Å². The number of pyridine rings is 1. The van der Waals surface area contributed by atoms with Crippen LogP contribution < -0.4 is 0 Å². The van der Waals surface area contributed by atoms with Crippen LogP contribution in [0.2, 0.25) is 0 Å². The van der Waals surface area contributed by atoms with E-state index in [4.69, 9.17) is 9.15 Å². The van der Waals surface area contributed by atoms with Gasteiger partial charge in [0.1, 0.15) is 23.1 Å². The Morgan fingerprint density at radius 3 is 3.00 bits per heavy atom. The van der Waals surface area contributed by atoms with Gasteiger partial charge in [0.05, 0.1) is 11.4 Å². The highest BCUT2D eigenvalue weighted by atomic mass is 32.1. The predicted molar refractivity (Wildman–Crippen MR) is 87.6 cm³/mol. The number of rotatable bonds is 5. The van der Waals surface area contributed by atoms with Gasteiger partial charge in [0.15, 0.2) is 0 Å². The Morgan fingerprint density at radius 2 is 2.26 bits per heavy atom. The first-order chi connectivity index (χ1) is 11.2. The van der Waals surface area contributed by atoms with E-state index in [-0.39, 0.29) is 6.61 Å². The summed E-state index contributed by atoms with van der Waals surface area (Å²) in [6, 6.07) is 9.28. The highest BCUT2D eigenvalue weighted by molar-refractivity contribution is 7.13. The number of carbonyl (C=O) groups is 1. The second-order valence-electron chi connectivity index (χ2n) is 4.75. The normalized spacial score (nSPS) is 11.0. The van der Waals surface area contributed by atoms with Gasteiger partial charge in [0.25, 0.3) is 0 Å². The first-order valence-corrected chi connectivity index (χ1v) is 7.86. The lowest BCUT2D eigenvalue weighted by Gasteiger charge is -1.98. The standard InChI is InChI=1S/C17H14N2O3S/c1-12-5-6-14(22-12)7-8-16(20)21-10-13-11-23-17(19-13)15-4-2-3-9-18-15/h2-9,11H,10H2,1H3/b8-7+. The SMILES string of the molecule is Cc1ccc(/C=C/C(=O)OCc2csc(-c3ccccn3)n2)o1. The number of carbonyl (C=O) groups excluding carboxylic acids is 1. The molecule has 23 heavy (non-hydrogen) atoms. The summed E-state index contributed by atoms with van der Waals surface area (Å²) < 4.78 is 10.5. The summed E-state index contributed by atoms with van der Waals surface area (Å²) in [5, 5.41) is 2.66. The Balaban J connectivity index is 1.55. The molecule has 0 fully saturated rings. The number of aryl methyl sites for hydroxylation is 1. The number of ether oxygens (including phenoxy) is 1. The van der Waals surface area contributed by atoms with Gasteiger partial charge >= 0.3 is 5.97 Å². The Kier molecular flexibility index (Phi) is 4.63. The minimum atomic E-state index is -0.438. The molecule has 0 aliphatic rings. The fourth-order valence-corrected chi connectivity index (χ4v) is 2.65. The predicted octanol–water partition coefficient (Wildman–Crippen LogP) is 3.86. The van der Waals surface area contributed by atoms with Crippen molar-refractivity contribution in [3.63, 3.8) is 0 Å². The molecule has 0 spiro atoms. The van der Waals surface area contributed by atoms with Crippen molar-refractivity contribution in [1.82, 2.24) is 9.97 Å². The Hall–Kier alpha value is -2.73. The fourth-order valence-electron chi connectivity index (χ4n) is 1.87. The fraction of sp³-hybridized carbons (Fsp3) is 0.118. The number of esters is 1. The molecule has 3 rings (SSSR count). The van der Waals surface area contributed by atoms with Crippen molar-refractivity contribution in [2.75, 3.05) is 0 Å². The second-order valence-corrected chi connectivity index (χ2v) is 5.61. The summed E-state index contributed by atoms with van der Waals surface area (Å²) in [5.41, 5.74) is 1.51. The van der Waals surface area contributed by atoms with Crippen LogP contribution in [0.1, 0.15) is 17.2 Å². The maximum atomic E-state index is 11.7. The van der Waals surface area contributed by atoms with Crippen LogP contribution in [0.3, 0.4) is 0 Å². The third kappa shape index (κ3) is 4.14. The van der Waals surface area contributed by atoms with Gasteiger partial charge in [-0.15, -0.1) is 11.3 Å². The Labute approximate surface area is 137 Å². The summed E-state index contributed by atoms with van der Waals surface area (Å²) in [4.78, 5) is 20.3. The number of nitrogens with zero attached hydrogens (tertiary/aromatic N) is 2. The number of furan rings is 1. The highest BCUT2D eigenvalue weighted by Crippen LogP contribution is 2.21. The number of hydrogen-bond acceptors (Lipinski definition) is 6. The molecule has 0 radical (unpaired) electrons. The van der Waals surface area contributed by atoms with E-state index in [1.54, 1.807) is 18.3 Å². The van der Waals surface area contributed by atoms with Crippen molar-refractivity contribution in [2.45, 2.75) is 13.5 Å². The van der Waals surface area contributed by atoms with Gasteiger partial charge in [-0.05, 0) is 37.3 Å². The smallest absolute Gasteiger partial charge is 0.331 e. The Bertz CT molecular complexity index is 821. The molecule has 5 nitrogen and oxygen atoms in total. The van der Waals surface area contributed by atoms with E-state index in [1.165, 1.54) is 17.4 Å². The highest BCUT2D eigenvalue weighted by Gasteiger charge is 2.07. The van der Waals surface area contributed by atoms with Crippen LogP contribution >= 0.6 is 11.3 Å². The summed E-state index contributed by atoms with van der Waals surface area (Å²) in [6.07, 6.45) is 4.64. The van der Waals surface area contributed by atoms with E-state index in [1.807, 2.05) is 36.6 Å². The van der Waals surface area contributed by atoms with Crippen molar-refractivity contribution in [1.29, 1.82) is 0 Å². The second kappa shape index (κ2) is 7.02. The molecule has 0 unspecified atom stereocenters. The molecule has 0 atom stereocenters. The van der Waals surface area contributed by atoms with Crippen LogP contribution in [-0.4, -0.2) is 15.9 Å². The van der Waals surface area contributed by atoms with Crippen LogP contribution in [0, 0.1) is 6.92 Å². The minimum Gasteiger partial charge on any atom is -0.462 e. The third-order valence-corrected chi connectivity index (χ3v) is 3.86. The van der Waals surface area contributed by atoms with Gasteiger partial charge in [-0.1, -0.05) is 6.07 Å². The zero-order valence-corrected chi connectivity index (χ0v) is 13.2. The van der Waals surface area contributed by atoms with Crippen LogP contribution in [-0.2, 0) is 16.1 Å². The molecule has 0 saturated heterocycles. The molecule has 0 saturated carbocycles. The zero-order chi connectivity index (χ0) is 16.1. The van der Waals surface area contributed by atoms with Gasteiger partial charge < -0.3 is 9.15 Å². The van der Waals surface area contributed by atoms with Crippen LogP contribution in [0.25, 0.3) is 16.8 Å². The van der Waals surface area contributed by atoms with Crippen molar-refractivity contribution in [3.8, 4) is 10.7 Å². The van der Waals surface area contributed by atoms with E-state index in [2.05, 4.69) is 9.97 Å². The zero-order valence-electron chi connectivity index (χ0n) is 12.4. The molecule has 0 N–H and O–H groups in total. The molecule has 0 aliphatic carbocycles. The average Bonchev–Trinajstić information content (AvgIpc) is 3.21. The molecule has 6 heteroatoms. The summed E-state index contributed by atoms with van der Waals surface area (Å²) >= 11 is 1.47. The third-order valence-electron chi connectivity index (χ3n) is 2.94. The largest absolute Gasteiger partial charge is 0.462 e. The molecular formula is C17H14N2O3S. The average molecular weight is 326 g/mol. The summed E-state index contributed by atoms with van der Waals surface area (Å²) in [5.74, 6) is 0.972.